The third kappa shape index (κ3) is 6.11. The van der Waals surface area contributed by atoms with Gasteiger partial charge in [0, 0.05) is 4.57 Å². The molecule has 0 rings (SSSR count). The highest BCUT2D eigenvalue weighted by molar-refractivity contribution is 7.33. The minimum atomic E-state index is -1.90. The fourth-order valence-corrected chi connectivity index (χ4v) is 0.929. The van der Waals surface area contributed by atoms with Crippen molar-refractivity contribution in [3.63, 3.8) is 0 Å². The summed E-state index contributed by atoms with van der Waals surface area (Å²) < 4.78 is 19.9. The summed E-state index contributed by atoms with van der Waals surface area (Å²) in [7, 11) is -1.90. The number of rotatable bonds is 6. The molecule has 0 saturated carbocycles. The number of hydrogen-bond donors (Lipinski definition) is 1. The maximum Gasteiger partial charge on any atom is 0.697 e. The van der Waals surface area contributed by atoms with E-state index in [-0.39, 0.29) is 0 Å². The molecular formula is C5H13NO3P+. The van der Waals surface area contributed by atoms with Crippen molar-refractivity contribution >= 4 is 8.25 Å². The van der Waals surface area contributed by atoms with Crippen molar-refractivity contribution in [3.05, 3.63) is 0 Å². The summed E-state index contributed by atoms with van der Waals surface area (Å²) in [5.74, 6) is 0. The first kappa shape index (κ1) is 9.98. The topological polar surface area (TPSA) is 61.5 Å². The van der Waals surface area contributed by atoms with Crippen LogP contribution in [0.2, 0.25) is 0 Å². The molecule has 0 amide bonds. The second-order valence-electron chi connectivity index (χ2n) is 1.62. The van der Waals surface area contributed by atoms with Crippen LogP contribution in [0.25, 0.3) is 0 Å². The summed E-state index contributed by atoms with van der Waals surface area (Å²) in [5, 5.41) is 0. The van der Waals surface area contributed by atoms with Crippen LogP contribution in [-0.2, 0) is 13.6 Å². The summed E-state index contributed by atoms with van der Waals surface area (Å²) >= 11 is 0. The molecule has 2 N–H and O–H groups in total. The summed E-state index contributed by atoms with van der Waals surface area (Å²) in [6, 6.07) is 0. The molecule has 0 spiro atoms. The fraction of sp³-hybridized carbons (Fsp3) is 1.00. The van der Waals surface area contributed by atoms with E-state index in [1.165, 1.54) is 0 Å². The molecule has 0 heterocycles. The van der Waals surface area contributed by atoms with Crippen molar-refractivity contribution in [3.8, 4) is 0 Å². The highest BCUT2D eigenvalue weighted by Crippen LogP contribution is 2.22. The van der Waals surface area contributed by atoms with E-state index in [0.717, 1.165) is 0 Å². The van der Waals surface area contributed by atoms with E-state index >= 15 is 0 Å². The molecule has 60 valence electrons. The predicted molar refractivity (Wildman–Crippen MR) is 38.9 cm³/mol. The molecule has 4 nitrogen and oxygen atoms in total. The molecule has 0 aliphatic heterocycles. The molecule has 0 aromatic carbocycles. The highest BCUT2D eigenvalue weighted by Gasteiger charge is 2.17. The van der Waals surface area contributed by atoms with Crippen LogP contribution in [0.15, 0.2) is 0 Å². The van der Waals surface area contributed by atoms with E-state index in [4.69, 9.17) is 10.3 Å². The Morgan fingerprint density at radius 2 is 2.20 bits per heavy atom. The normalized spacial score (nSPS) is 11.6. The summed E-state index contributed by atoms with van der Waals surface area (Å²) in [6.45, 7) is 3.14. The molecule has 0 aliphatic rings. The zero-order chi connectivity index (χ0) is 7.82. The Kier molecular flexibility index (Phi) is 7.08. The van der Waals surface area contributed by atoms with Gasteiger partial charge in [-0.15, -0.1) is 9.05 Å². The molecule has 0 saturated heterocycles. The Morgan fingerprint density at radius 3 is 2.70 bits per heavy atom. The van der Waals surface area contributed by atoms with Crippen molar-refractivity contribution in [2.45, 2.75) is 13.3 Å². The lowest BCUT2D eigenvalue weighted by molar-refractivity contribution is 0.233. The Balaban J connectivity index is 3.05. The zero-order valence-corrected chi connectivity index (χ0v) is 6.97. The van der Waals surface area contributed by atoms with Crippen LogP contribution in [0.5, 0.6) is 0 Å². The first-order valence-electron chi connectivity index (χ1n) is 3.24. The Hall–Kier alpha value is -0.0200. The van der Waals surface area contributed by atoms with E-state index in [1.807, 2.05) is 0 Å². The molecule has 0 fully saturated rings. The maximum atomic E-state index is 10.6. The van der Waals surface area contributed by atoms with Gasteiger partial charge in [0.1, 0.15) is 13.2 Å². The molecule has 0 aromatic rings. The Bertz CT molecular complexity index is 98.9. The molecule has 5 heteroatoms. The average Bonchev–Trinajstić information content (AvgIpc) is 1.89. The summed E-state index contributed by atoms with van der Waals surface area (Å²) in [5.41, 5.74) is 5.17. The Morgan fingerprint density at radius 1 is 1.50 bits per heavy atom. The smallest absolute Gasteiger partial charge is 0.330 e. The Labute approximate surface area is 61.6 Å². The van der Waals surface area contributed by atoms with Gasteiger partial charge in [-0.1, -0.05) is 0 Å². The monoisotopic (exact) mass is 166 g/mol. The predicted octanol–water partition coefficient (Wildman–Crippen LogP) is 1.05. The molecule has 10 heavy (non-hydrogen) atoms. The van der Waals surface area contributed by atoms with Crippen molar-refractivity contribution in [2.75, 3.05) is 19.8 Å². The van der Waals surface area contributed by atoms with Gasteiger partial charge in [0.2, 0.25) is 0 Å². The van der Waals surface area contributed by atoms with Gasteiger partial charge in [-0.3, -0.25) is 0 Å². The average molecular weight is 166 g/mol. The van der Waals surface area contributed by atoms with Crippen LogP contribution < -0.4 is 5.73 Å². The number of hydrogen-bond acceptors (Lipinski definition) is 4. The van der Waals surface area contributed by atoms with Gasteiger partial charge in [-0.25, -0.2) is 0 Å². The van der Waals surface area contributed by atoms with Gasteiger partial charge in [0.15, 0.2) is 0 Å². The molecule has 0 bridgehead atoms. The standard InChI is InChI=1S/C5H13NO3P/c1-2-8-10(7)9-5-3-4-6/h2-6H2,1H3/q+1. The zero-order valence-electron chi connectivity index (χ0n) is 6.08. The highest BCUT2D eigenvalue weighted by atomic mass is 31.1. The van der Waals surface area contributed by atoms with Crippen molar-refractivity contribution in [1.82, 2.24) is 0 Å². The van der Waals surface area contributed by atoms with Gasteiger partial charge < -0.3 is 5.73 Å². The molecule has 0 aromatic heterocycles. The molecule has 1 atom stereocenters. The molecule has 0 radical (unpaired) electrons. The fourth-order valence-electron chi connectivity index (χ4n) is 0.365. The van der Waals surface area contributed by atoms with E-state index in [0.29, 0.717) is 26.2 Å². The van der Waals surface area contributed by atoms with Crippen LogP contribution in [0, 0.1) is 0 Å². The van der Waals surface area contributed by atoms with E-state index in [2.05, 4.69) is 4.52 Å². The molecular weight excluding hydrogens is 153 g/mol. The van der Waals surface area contributed by atoms with Crippen LogP contribution in [0.4, 0.5) is 0 Å². The van der Waals surface area contributed by atoms with E-state index in [1.54, 1.807) is 6.92 Å². The minimum Gasteiger partial charge on any atom is -0.330 e. The lowest BCUT2D eigenvalue weighted by atomic mass is 10.5. The van der Waals surface area contributed by atoms with E-state index < -0.39 is 8.25 Å². The SMILES string of the molecule is CCO[P+](=O)OCCCN. The summed E-state index contributed by atoms with van der Waals surface area (Å²) in [6.07, 6.45) is 0.716. The van der Waals surface area contributed by atoms with Gasteiger partial charge in [-0.05, 0) is 19.9 Å². The van der Waals surface area contributed by atoms with Crippen molar-refractivity contribution in [2.24, 2.45) is 5.73 Å². The van der Waals surface area contributed by atoms with Crippen LogP contribution in [0.3, 0.4) is 0 Å². The second kappa shape index (κ2) is 7.09. The van der Waals surface area contributed by atoms with Crippen molar-refractivity contribution < 1.29 is 13.6 Å². The quantitative estimate of drug-likeness (QED) is 0.473. The third-order valence-electron chi connectivity index (χ3n) is 0.780. The van der Waals surface area contributed by atoms with Crippen LogP contribution in [0.1, 0.15) is 13.3 Å². The number of nitrogens with two attached hydrogens (primary N) is 1. The van der Waals surface area contributed by atoms with E-state index in [9.17, 15) is 4.57 Å². The van der Waals surface area contributed by atoms with Crippen LogP contribution in [-0.4, -0.2) is 19.8 Å². The molecule has 0 aliphatic carbocycles. The maximum absolute atomic E-state index is 10.6. The van der Waals surface area contributed by atoms with Gasteiger partial charge in [0.05, 0.1) is 0 Å². The van der Waals surface area contributed by atoms with Crippen LogP contribution >= 0.6 is 8.25 Å². The largest absolute Gasteiger partial charge is 0.697 e. The minimum absolute atomic E-state index is 0.408. The third-order valence-corrected chi connectivity index (χ3v) is 1.64. The van der Waals surface area contributed by atoms with Gasteiger partial charge in [-0.2, -0.15) is 0 Å². The lowest BCUT2D eigenvalue weighted by Crippen LogP contribution is -2.01. The van der Waals surface area contributed by atoms with Crippen molar-refractivity contribution in [1.29, 1.82) is 0 Å². The summed E-state index contributed by atoms with van der Waals surface area (Å²) in [4.78, 5) is 0. The van der Waals surface area contributed by atoms with Gasteiger partial charge in [0.25, 0.3) is 0 Å². The lowest BCUT2D eigenvalue weighted by Gasteiger charge is -1.87. The second-order valence-corrected chi connectivity index (χ2v) is 2.58. The van der Waals surface area contributed by atoms with Gasteiger partial charge >= 0.3 is 8.25 Å². The first-order chi connectivity index (χ1) is 4.81. The first-order valence-corrected chi connectivity index (χ1v) is 4.34. The molecule has 1 unspecified atom stereocenters.